The average Bonchev–Trinajstić information content (AvgIpc) is 3.45. The van der Waals surface area contributed by atoms with Gasteiger partial charge in [-0.2, -0.15) is 5.26 Å². The number of amides is 3. The van der Waals surface area contributed by atoms with E-state index in [1.165, 1.54) is 11.8 Å². The molecule has 0 aromatic heterocycles. The van der Waals surface area contributed by atoms with Gasteiger partial charge in [0, 0.05) is 29.6 Å². The van der Waals surface area contributed by atoms with E-state index in [9.17, 15) is 14.9 Å². The third-order valence-electron chi connectivity index (χ3n) is 6.36. The van der Waals surface area contributed by atoms with Crippen LogP contribution in [-0.4, -0.2) is 43.4 Å². The predicted octanol–water partition coefficient (Wildman–Crippen LogP) is 4.56. The van der Waals surface area contributed by atoms with E-state index in [1.54, 1.807) is 66.5 Å². The molecule has 182 valence electrons. The number of nitrogens with zero attached hydrogens (tertiary/aromatic N) is 3. The number of ether oxygens (including phenoxy) is 2. The second-order valence-electron chi connectivity index (χ2n) is 8.39. The van der Waals surface area contributed by atoms with Gasteiger partial charge in [-0.15, -0.1) is 11.8 Å². The van der Waals surface area contributed by atoms with Crippen LogP contribution in [0, 0.1) is 11.3 Å². The minimum atomic E-state index is -1.22. The van der Waals surface area contributed by atoms with Crippen molar-refractivity contribution in [1.82, 2.24) is 4.90 Å². The normalized spacial score (nSPS) is 18.2. The van der Waals surface area contributed by atoms with Crippen LogP contribution >= 0.6 is 11.8 Å². The first-order valence-corrected chi connectivity index (χ1v) is 12.3. The van der Waals surface area contributed by atoms with Crippen LogP contribution in [0.3, 0.4) is 0 Å². The number of thioether (sulfide) groups is 1. The van der Waals surface area contributed by atoms with Crippen LogP contribution < -0.4 is 19.7 Å². The molecule has 2 aliphatic rings. The summed E-state index contributed by atoms with van der Waals surface area (Å²) in [7, 11) is 3.14. The van der Waals surface area contributed by atoms with Gasteiger partial charge in [0.1, 0.15) is 11.5 Å². The Hall–Kier alpha value is -4.16. The summed E-state index contributed by atoms with van der Waals surface area (Å²) in [4.78, 5) is 29.8. The van der Waals surface area contributed by atoms with Gasteiger partial charge in [0.25, 0.3) is 5.91 Å². The second-order valence-corrected chi connectivity index (χ2v) is 9.68. The van der Waals surface area contributed by atoms with Crippen molar-refractivity contribution in [1.29, 1.82) is 5.26 Å². The molecule has 0 bridgehead atoms. The molecule has 0 radical (unpaired) electrons. The van der Waals surface area contributed by atoms with Gasteiger partial charge in [-0.05, 0) is 48.0 Å². The molecule has 36 heavy (non-hydrogen) atoms. The van der Waals surface area contributed by atoms with E-state index in [0.29, 0.717) is 40.6 Å². The summed E-state index contributed by atoms with van der Waals surface area (Å²) >= 11 is 1.44. The summed E-state index contributed by atoms with van der Waals surface area (Å²) in [5.74, 6) is 1.63. The molecule has 3 aromatic carbocycles. The Balaban J connectivity index is 1.53. The fourth-order valence-corrected chi connectivity index (χ4v) is 6.14. The minimum absolute atomic E-state index is 0.198. The van der Waals surface area contributed by atoms with E-state index >= 15 is 0 Å². The van der Waals surface area contributed by atoms with Crippen LogP contribution in [-0.2, 0) is 16.2 Å². The van der Waals surface area contributed by atoms with Crippen molar-refractivity contribution in [2.45, 2.75) is 11.4 Å². The zero-order valence-corrected chi connectivity index (χ0v) is 20.7. The molecule has 1 spiro atoms. The van der Waals surface area contributed by atoms with Crippen molar-refractivity contribution < 1.29 is 19.1 Å². The molecule has 2 aliphatic heterocycles. The lowest BCUT2D eigenvalue weighted by atomic mass is 10.1. The first-order valence-electron chi connectivity index (χ1n) is 11.4. The van der Waals surface area contributed by atoms with Gasteiger partial charge in [-0.25, -0.2) is 4.79 Å². The van der Waals surface area contributed by atoms with Crippen LogP contribution in [0.1, 0.15) is 16.7 Å². The van der Waals surface area contributed by atoms with Gasteiger partial charge in [-0.1, -0.05) is 18.2 Å². The molecular formula is C27H24N4O4S. The molecule has 0 saturated carbocycles. The number of carbonyl (C=O) groups is 2. The Labute approximate surface area is 213 Å². The van der Waals surface area contributed by atoms with Gasteiger partial charge in [0.2, 0.25) is 0 Å². The highest BCUT2D eigenvalue weighted by Crippen LogP contribution is 2.55. The molecule has 9 heteroatoms. The minimum Gasteiger partial charge on any atom is -0.497 e. The van der Waals surface area contributed by atoms with Gasteiger partial charge < -0.3 is 19.7 Å². The zero-order valence-electron chi connectivity index (χ0n) is 19.9. The van der Waals surface area contributed by atoms with Crippen molar-refractivity contribution in [2.75, 3.05) is 36.7 Å². The molecule has 2 heterocycles. The van der Waals surface area contributed by atoms with E-state index in [2.05, 4.69) is 11.4 Å². The Bertz CT molecular complexity index is 1390. The van der Waals surface area contributed by atoms with Crippen LogP contribution in [0.25, 0.3) is 0 Å². The number of rotatable bonds is 5. The van der Waals surface area contributed by atoms with E-state index in [1.807, 2.05) is 24.3 Å². The number of anilines is 2. The number of benzene rings is 3. The highest BCUT2D eigenvalue weighted by Gasteiger charge is 2.59. The maximum absolute atomic E-state index is 14.2. The van der Waals surface area contributed by atoms with Crippen molar-refractivity contribution in [3.8, 4) is 17.6 Å². The van der Waals surface area contributed by atoms with E-state index in [0.717, 1.165) is 11.3 Å². The highest BCUT2D eigenvalue weighted by atomic mass is 32.2. The number of nitrogens with one attached hydrogen (secondary N) is 1. The summed E-state index contributed by atoms with van der Waals surface area (Å²) in [6.07, 6.45) is 0. The van der Waals surface area contributed by atoms with Crippen molar-refractivity contribution >= 4 is 35.1 Å². The molecule has 0 unspecified atom stereocenters. The van der Waals surface area contributed by atoms with Crippen LogP contribution in [0.15, 0.2) is 66.7 Å². The topological polar surface area (TPSA) is 94.9 Å². The monoisotopic (exact) mass is 500 g/mol. The largest absolute Gasteiger partial charge is 0.497 e. The maximum Gasteiger partial charge on any atom is 0.323 e. The van der Waals surface area contributed by atoms with Gasteiger partial charge in [0.15, 0.2) is 4.87 Å². The molecule has 8 nitrogen and oxygen atoms in total. The lowest BCUT2D eigenvalue weighted by Gasteiger charge is -2.33. The molecule has 5 rings (SSSR count). The van der Waals surface area contributed by atoms with Gasteiger partial charge >= 0.3 is 6.03 Å². The number of carbonyl (C=O) groups excluding carboxylic acids is 2. The third kappa shape index (κ3) is 3.89. The van der Waals surface area contributed by atoms with Crippen molar-refractivity contribution in [2.24, 2.45) is 0 Å². The van der Waals surface area contributed by atoms with E-state index < -0.39 is 4.87 Å². The standard InChI is InChI=1S/C27H24N4O4S/c1-34-21-8-4-7-20(14-21)29-26(33)31-11-12-36-27(31)23-15-22(35-2)9-10-24(23)30(25(27)32)17-19-6-3-5-18(13-19)16-28/h3-10,13-15H,11-12,17H2,1-2H3,(H,29,33)/t27-/m0/s1. The van der Waals surface area contributed by atoms with Crippen molar-refractivity contribution in [3.63, 3.8) is 0 Å². The quantitative estimate of drug-likeness (QED) is 0.552. The second kappa shape index (κ2) is 9.47. The number of hydrogen-bond acceptors (Lipinski definition) is 6. The summed E-state index contributed by atoms with van der Waals surface area (Å²) in [5, 5.41) is 12.2. The predicted molar refractivity (Wildman–Crippen MR) is 138 cm³/mol. The number of urea groups is 1. The summed E-state index contributed by atoms with van der Waals surface area (Å²) in [6, 6.07) is 21.6. The van der Waals surface area contributed by atoms with E-state index in [4.69, 9.17) is 9.47 Å². The lowest BCUT2D eigenvalue weighted by Crippen LogP contribution is -2.51. The highest BCUT2D eigenvalue weighted by molar-refractivity contribution is 8.01. The Morgan fingerprint density at radius 2 is 1.86 bits per heavy atom. The summed E-state index contributed by atoms with van der Waals surface area (Å²) in [6.45, 7) is 0.682. The van der Waals surface area contributed by atoms with Crippen LogP contribution in [0.4, 0.5) is 16.2 Å². The number of hydrogen-bond donors (Lipinski definition) is 1. The molecule has 1 fully saturated rings. The summed E-state index contributed by atoms with van der Waals surface area (Å²) in [5.41, 5.74) is 3.37. The molecule has 1 saturated heterocycles. The van der Waals surface area contributed by atoms with Crippen LogP contribution in [0.2, 0.25) is 0 Å². The Morgan fingerprint density at radius 3 is 2.64 bits per heavy atom. The summed E-state index contributed by atoms with van der Waals surface area (Å²) < 4.78 is 10.7. The first kappa shape index (κ1) is 23.6. The number of methoxy groups -OCH3 is 2. The smallest absolute Gasteiger partial charge is 0.323 e. The maximum atomic E-state index is 14.2. The fraction of sp³-hybridized carbons (Fsp3) is 0.222. The molecule has 3 aromatic rings. The number of fused-ring (bicyclic) bond motifs is 2. The molecule has 3 amide bonds. The van der Waals surface area contributed by atoms with E-state index in [-0.39, 0.29) is 18.5 Å². The number of nitriles is 1. The average molecular weight is 501 g/mol. The van der Waals surface area contributed by atoms with Crippen LogP contribution in [0.5, 0.6) is 11.5 Å². The molecular weight excluding hydrogens is 476 g/mol. The first-order chi connectivity index (χ1) is 17.5. The zero-order chi connectivity index (χ0) is 25.3. The fourth-order valence-electron chi connectivity index (χ4n) is 4.69. The molecule has 0 aliphatic carbocycles. The lowest BCUT2D eigenvalue weighted by molar-refractivity contribution is -0.123. The Morgan fingerprint density at radius 1 is 1.08 bits per heavy atom. The van der Waals surface area contributed by atoms with Gasteiger partial charge in [0.05, 0.1) is 38.1 Å². The Kier molecular flexibility index (Phi) is 6.20. The van der Waals surface area contributed by atoms with Crippen molar-refractivity contribution in [3.05, 3.63) is 83.4 Å². The van der Waals surface area contributed by atoms with Gasteiger partial charge in [-0.3, -0.25) is 9.69 Å². The SMILES string of the molecule is COc1cccc(NC(=O)N2CCS[C@@]23C(=O)N(Cc2cccc(C#N)c2)c2ccc(OC)cc23)c1. The third-order valence-corrected chi connectivity index (χ3v) is 7.78. The molecule has 1 N–H and O–H groups in total. The molecule has 1 atom stereocenters.